The second-order valence-corrected chi connectivity index (χ2v) is 6.63. The first-order chi connectivity index (χ1) is 10.1. The van der Waals surface area contributed by atoms with Crippen molar-refractivity contribution in [2.24, 2.45) is 5.92 Å². The van der Waals surface area contributed by atoms with E-state index in [1.54, 1.807) is 6.07 Å². The molecule has 2 aliphatic rings. The molecule has 3 nitrogen and oxygen atoms in total. The monoisotopic (exact) mass is 305 g/mol. The van der Waals surface area contributed by atoms with E-state index in [-0.39, 0.29) is 17.9 Å². The number of aryl methyl sites for hydroxylation is 1. The number of benzene rings is 1. The third kappa shape index (κ3) is 2.84. The molecule has 2 unspecified atom stereocenters. The first-order valence-electron chi connectivity index (χ1n) is 7.67. The van der Waals surface area contributed by atoms with Crippen LogP contribution in [0.4, 0.5) is 0 Å². The van der Waals surface area contributed by atoms with Gasteiger partial charge in [-0.2, -0.15) is 0 Å². The van der Waals surface area contributed by atoms with E-state index >= 15 is 0 Å². The Morgan fingerprint density at radius 3 is 2.71 bits per heavy atom. The largest absolute Gasteiger partial charge is 0.335 e. The van der Waals surface area contributed by atoms with Crippen LogP contribution in [0.2, 0.25) is 5.02 Å². The van der Waals surface area contributed by atoms with Gasteiger partial charge in [0, 0.05) is 35.5 Å². The number of hydrogen-bond acceptors (Lipinski definition) is 2. The van der Waals surface area contributed by atoms with Crippen LogP contribution in [0.1, 0.15) is 48.0 Å². The molecule has 2 fully saturated rings. The maximum atomic E-state index is 12.8. The second-order valence-electron chi connectivity index (χ2n) is 6.19. The van der Waals surface area contributed by atoms with Gasteiger partial charge in [-0.25, -0.2) is 0 Å². The molecule has 0 aromatic heterocycles. The molecule has 1 aromatic rings. The van der Waals surface area contributed by atoms with Crippen molar-refractivity contribution in [3.63, 3.8) is 0 Å². The molecule has 1 aliphatic carbocycles. The normalized spacial score (nSPS) is 25.6. The highest BCUT2D eigenvalue weighted by Crippen LogP contribution is 2.34. The van der Waals surface area contributed by atoms with Crippen molar-refractivity contribution in [2.45, 2.75) is 45.1 Å². The minimum absolute atomic E-state index is 0.0165. The SMILES string of the molecule is Cc1cc(Cl)cc(C(=O)N2CCCC2C2CCCC2=O)c1. The second kappa shape index (κ2) is 5.80. The summed E-state index contributed by atoms with van der Waals surface area (Å²) in [6.45, 7) is 2.68. The minimum Gasteiger partial charge on any atom is -0.335 e. The molecular weight excluding hydrogens is 286 g/mol. The van der Waals surface area contributed by atoms with Gasteiger partial charge in [-0.1, -0.05) is 11.6 Å². The number of carbonyl (C=O) groups excluding carboxylic acids is 2. The molecule has 21 heavy (non-hydrogen) atoms. The van der Waals surface area contributed by atoms with Gasteiger partial charge in [-0.15, -0.1) is 0 Å². The van der Waals surface area contributed by atoms with Crippen molar-refractivity contribution in [3.8, 4) is 0 Å². The van der Waals surface area contributed by atoms with Gasteiger partial charge in [-0.05, 0) is 56.4 Å². The molecule has 0 radical (unpaired) electrons. The van der Waals surface area contributed by atoms with Gasteiger partial charge < -0.3 is 4.90 Å². The van der Waals surface area contributed by atoms with E-state index in [0.717, 1.165) is 37.8 Å². The number of ketones is 1. The molecule has 2 atom stereocenters. The van der Waals surface area contributed by atoms with Crippen molar-refractivity contribution in [1.82, 2.24) is 4.90 Å². The van der Waals surface area contributed by atoms with Gasteiger partial charge in [0.15, 0.2) is 0 Å². The van der Waals surface area contributed by atoms with Crippen molar-refractivity contribution in [1.29, 1.82) is 0 Å². The van der Waals surface area contributed by atoms with E-state index in [4.69, 9.17) is 11.6 Å². The number of carbonyl (C=O) groups is 2. The van der Waals surface area contributed by atoms with Crippen LogP contribution in [0.5, 0.6) is 0 Å². The Kier molecular flexibility index (Phi) is 4.03. The van der Waals surface area contributed by atoms with E-state index in [1.807, 2.05) is 24.0 Å². The fourth-order valence-electron chi connectivity index (χ4n) is 3.74. The van der Waals surface area contributed by atoms with Gasteiger partial charge in [0.1, 0.15) is 5.78 Å². The smallest absolute Gasteiger partial charge is 0.254 e. The summed E-state index contributed by atoms with van der Waals surface area (Å²) < 4.78 is 0. The Bertz CT molecular complexity index is 564. The minimum atomic E-state index is 0.0165. The number of likely N-dealkylation sites (tertiary alicyclic amines) is 1. The zero-order chi connectivity index (χ0) is 15.0. The Morgan fingerprint density at radius 1 is 1.24 bits per heavy atom. The summed E-state index contributed by atoms with van der Waals surface area (Å²) in [5.74, 6) is 0.404. The van der Waals surface area contributed by atoms with Crippen molar-refractivity contribution in [2.75, 3.05) is 6.54 Å². The lowest BCUT2D eigenvalue weighted by molar-refractivity contribution is -0.121. The standard InChI is InChI=1S/C17H20ClNO2/c1-11-8-12(10-13(18)9-11)17(21)19-7-3-5-15(19)14-4-2-6-16(14)20/h8-10,14-15H,2-7H2,1H3. The number of amides is 1. The Morgan fingerprint density at radius 2 is 2.05 bits per heavy atom. The molecule has 3 rings (SSSR count). The first kappa shape index (κ1) is 14.6. The highest BCUT2D eigenvalue weighted by Gasteiger charge is 2.40. The predicted octanol–water partition coefficient (Wildman–Crippen LogP) is 3.62. The van der Waals surface area contributed by atoms with Crippen LogP contribution in [-0.2, 0) is 4.79 Å². The molecule has 1 heterocycles. The van der Waals surface area contributed by atoms with E-state index in [1.165, 1.54) is 0 Å². The number of rotatable bonds is 2. The van der Waals surface area contributed by atoms with Gasteiger partial charge >= 0.3 is 0 Å². The molecule has 1 saturated carbocycles. The summed E-state index contributed by atoms with van der Waals surface area (Å²) in [4.78, 5) is 26.7. The Hall–Kier alpha value is -1.35. The predicted molar refractivity (Wildman–Crippen MR) is 82.6 cm³/mol. The molecule has 4 heteroatoms. The van der Waals surface area contributed by atoms with E-state index in [0.29, 0.717) is 22.8 Å². The topological polar surface area (TPSA) is 37.4 Å². The molecule has 112 valence electrons. The molecule has 1 saturated heterocycles. The first-order valence-corrected chi connectivity index (χ1v) is 8.05. The highest BCUT2D eigenvalue weighted by molar-refractivity contribution is 6.31. The van der Waals surface area contributed by atoms with E-state index in [9.17, 15) is 9.59 Å². The third-order valence-electron chi connectivity index (χ3n) is 4.67. The van der Waals surface area contributed by atoms with Crippen LogP contribution in [-0.4, -0.2) is 29.2 Å². The number of Topliss-reactive ketones (excluding diaryl/α,β-unsaturated/α-hetero) is 1. The maximum absolute atomic E-state index is 12.8. The summed E-state index contributed by atoms with van der Waals surface area (Å²) >= 11 is 6.06. The van der Waals surface area contributed by atoms with Crippen molar-refractivity contribution < 1.29 is 9.59 Å². The molecule has 0 spiro atoms. The summed E-state index contributed by atoms with van der Waals surface area (Å²) in [7, 11) is 0. The summed E-state index contributed by atoms with van der Waals surface area (Å²) in [5.41, 5.74) is 1.62. The van der Waals surface area contributed by atoms with Crippen molar-refractivity contribution in [3.05, 3.63) is 34.3 Å². The average molecular weight is 306 g/mol. The van der Waals surface area contributed by atoms with Crippen LogP contribution >= 0.6 is 11.6 Å². The van der Waals surface area contributed by atoms with Crippen LogP contribution in [0.3, 0.4) is 0 Å². The Balaban J connectivity index is 1.84. The lowest BCUT2D eigenvalue weighted by Crippen LogP contribution is -2.41. The van der Waals surface area contributed by atoms with Gasteiger partial charge in [0.05, 0.1) is 0 Å². The zero-order valence-corrected chi connectivity index (χ0v) is 13.0. The third-order valence-corrected chi connectivity index (χ3v) is 4.88. The highest BCUT2D eigenvalue weighted by atomic mass is 35.5. The molecule has 1 aromatic carbocycles. The fourth-order valence-corrected chi connectivity index (χ4v) is 4.03. The van der Waals surface area contributed by atoms with Gasteiger partial charge in [0.2, 0.25) is 0 Å². The zero-order valence-electron chi connectivity index (χ0n) is 12.3. The summed E-state index contributed by atoms with van der Waals surface area (Å²) in [5, 5.41) is 0.589. The molecule has 1 aliphatic heterocycles. The van der Waals surface area contributed by atoms with Crippen molar-refractivity contribution >= 4 is 23.3 Å². The Labute approximate surface area is 130 Å². The maximum Gasteiger partial charge on any atom is 0.254 e. The average Bonchev–Trinajstić information content (AvgIpc) is 3.04. The van der Waals surface area contributed by atoms with Gasteiger partial charge in [-0.3, -0.25) is 9.59 Å². The molecule has 0 bridgehead atoms. The van der Waals surface area contributed by atoms with E-state index in [2.05, 4.69) is 0 Å². The van der Waals surface area contributed by atoms with Crippen LogP contribution < -0.4 is 0 Å². The fraction of sp³-hybridized carbons (Fsp3) is 0.529. The quantitative estimate of drug-likeness (QED) is 0.837. The van der Waals surface area contributed by atoms with Crippen LogP contribution in [0, 0.1) is 12.8 Å². The number of halogens is 1. The molecule has 0 N–H and O–H groups in total. The lowest BCUT2D eigenvalue weighted by Gasteiger charge is -2.29. The van der Waals surface area contributed by atoms with Gasteiger partial charge in [0.25, 0.3) is 5.91 Å². The number of nitrogens with zero attached hydrogens (tertiary/aromatic N) is 1. The summed E-state index contributed by atoms with van der Waals surface area (Å²) in [6.07, 6.45) is 4.51. The van der Waals surface area contributed by atoms with Crippen LogP contribution in [0.25, 0.3) is 0 Å². The lowest BCUT2D eigenvalue weighted by atomic mass is 9.94. The molecule has 1 amide bonds. The van der Waals surface area contributed by atoms with E-state index < -0.39 is 0 Å². The van der Waals surface area contributed by atoms with Crippen LogP contribution in [0.15, 0.2) is 18.2 Å². The summed E-state index contributed by atoms with van der Waals surface area (Å²) in [6, 6.07) is 5.54. The molecular formula is C17H20ClNO2. The number of hydrogen-bond donors (Lipinski definition) is 0.